The van der Waals surface area contributed by atoms with E-state index in [1.54, 1.807) is 18.3 Å². The van der Waals surface area contributed by atoms with Crippen molar-refractivity contribution in [2.24, 2.45) is 11.5 Å². The Balaban J connectivity index is 1.88. The van der Waals surface area contributed by atoms with E-state index in [2.05, 4.69) is 20.9 Å². The number of nitrogens with two attached hydrogens (primary N) is 2. The quantitative estimate of drug-likeness (QED) is 0.0887. The van der Waals surface area contributed by atoms with Gasteiger partial charge in [-0.3, -0.25) is 19.2 Å². The monoisotopic (exact) mass is 624 g/mol. The van der Waals surface area contributed by atoms with Crippen molar-refractivity contribution in [2.45, 2.75) is 69.1 Å². The molecule has 11 N–H and O–H groups in total. The topological polar surface area (TPSA) is 250 Å². The van der Waals surface area contributed by atoms with Gasteiger partial charge >= 0.3 is 11.9 Å². The van der Waals surface area contributed by atoms with Gasteiger partial charge in [0.2, 0.25) is 17.7 Å². The van der Waals surface area contributed by atoms with Crippen molar-refractivity contribution < 1.29 is 39.3 Å². The predicted octanol–water partition coefficient (Wildman–Crippen LogP) is 0.519. The van der Waals surface area contributed by atoms with Crippen molar-refractivity contribution in [1.82, 2.24) is 20.9 Å². The summed E-state index contributed by atoms with van der Waals surface area (Å²) in [6.07, 6.45) is 2.30. The van der Waals surface area contributed by atoms with Crippen LogP contribution in [0.2, 0.25) is 0 Å². The predicted molar refractivity (Wildman–Crippen MR) is 165 cm³/mol. The summed E-state index contributed by atoms with van der Waals surface area (Å²) < 4.78 is 0. The van der Waals surface area contributed by atoms with Crippen molar-refractivity contribution in [1.29, 1.82) is 0 Å². The molecule has 4 unspecified atom stereocenters. The molecule has 242 valence electrons. The number of nitrogens with one attached hydrogen (secondary N) is 4. The number of hydrogen-bond acceptors (Lipinski definition) is 8. The normalized spacial score (nSPS) is 13.7. The summed E-state index contributed by atoms with van der Waals surface area (Å²) in [7, 11) is 0. The molecule has 0 saturated carbocycles. The average Bonchev–Trinajstić information content (AvgIpc) is 3.42. The lowest BCUT2D eigenvalue weighted by Gasteiger charge is -2.25. The first-order valence-electron chi connectivity index (χ1n) is 14.6. The van der Waals surface area contributed by atoms with E-state index in [0.717, 1.165) is 10.9 Å². The number of carboxylic acids is 2. The molecule has 1 heterocycles. The molecule has 0 saturated heterocycles. The molecule has 2 aromatic carbocycles. The third kappa shape index (κ3) is 10.6. The molecule has 0 aliphatic carbocycles. The minimum Gasteiger partial charge on any atom is -0.508 e. The number of H-pyrrole nitrogens is 1. The molecular formula is C31H40N6O8. The van der Waals surface area contributed by atoms with Crippen LogP contribution in [0.4, 0.5) is 0 Å². The van der Waals surface area contributed by atoms with Crippen molar-refractivity contribution >= 4 is 40.6 Å². The van der Waals surface area contributed by atoms with Crippen LogP contribution < -0.4 is 27.4 Å². The summed E-state index contributed by atoms with van der Waals surface area (Å²) in [5, 5.41) is 36.9. The van der Waals surface area contributed by atoms with Crippen LogP contribution in [0.1, 0.15) is 43.2 Å². The first-order chi connectivity index (χ1) is 21.5. The number of para-hydroxylation sites is 1. The molecule has 45 heavy (non-hydrogen) atoms. The number of hydrogen-bond donors (Lipinski definition) is 9. The molecule has 3 aromatic rings. The number of unbranched alkanes of at least 4 members (excludes halogenated alkanes) is 1. The number of aliphatic carboxylic acids is 2. The summed E-state index contributed by atoms with van der Waals surface area (Å²) in [6.45, 7) is 0.369. The number of benzene rings is 2. The highest BCUT2D eigenvalue weighted by atomic mass is 16.4. The van der Waals surface area contributed by atoms with Gasteiger partial charge in [0.25, 0.3) is 0 Å². The fourth-order valence-electron chi connectivity index (χ4n) is 4.79. The zero-order chi connectivity index (χ0) is 32.9. The Labute approximate surface area is 259 Å². The van der Waals surface area contributed by atoms with Crippen LogP contribution in [0, 0.1) is 0 Å². The molecule has 3 amide bonds. The molecule has 0 bridgehead atoms. The Kier molecular flexibility index (Phi) is 12.9. The lowest BCUT2D eigenvalue weighted by Crippen LogP contribution is -2.58. The fraction of sp³-hybridized carbons (Fsp3) is 0.387. The minimum atomic E-state index is -1.25. The van der Waals surface area contributed by atoms with Crippen molar-refractivity contribution in [3.05, 3.63) is 65.9 Å². The zero-order valence-corrected chi connectivity index (χ0v) is 24.7. The van der Waals surface area contributed by atoms with Crippen LogP contribution in [-0.4, -0.2) is 80.7 Å². The minimum absolute atomic E-state index is 0.00519. The van der Waals surface area contributed by atoms with Gasteiger partial charge in [-0.1, -0.05) is 30.3 Å². The number of aromatic amines is 1. The van der Waals surface area contributed by atoms with Gasteiger partial charge in [-0.25, -0.2) is 4.79 Å². The number of rotatable bonds is 18. The first kappa shape index (κ1) is 34.5. The highest BCUT2D eigenvalue weighted by Crippen LogP contribution is 2.20. The number of aromatic nitrogens is 1. The molecule has 0 radical (unpaired) electrons. The maximum Gasteiger partial charge on any atom is 0.326 e. The zero-order valence-electron chi connectivity index (χ0n) is 24.7. The fourth-order valence-corrected chi connectivity index (χ4v) is 4.79. The Morgan fingerprint density at radius 1 is 0.778 bits per heavy atom. The summed E-state index contributed by atoms with van der Waals surface area (Å²) in [5.74, 6) is -4.62. The van der Waals surface area contributed by atoms with E-state index >= 15 is 0 Å². The molecule has 14 nitrogen and oxygen atoms in total. The van der Waals surface area contributed by atoms with Crippen LogP contribution in [0.25, 0.3) is 10.9 Å². The van der Waals surface area contributed by atoms with Crippen molar-refractivity contribution in [3.8, 4) is 5.75 Å². The van der Waals surface area contributed by atoms with E-state index in [9.17, 15) is 34.2 Å². The van der Waals surface area contributed by atoms with Gasteiger partial charge in [-0.15, -0.1) is 0 Å². The molecular weight excluding hydrogens is 584 g/mol. The van der Waals surface area contributed by atoms with E-state index < -0.39 is 53.8 Å². The summed E-state index contributed by atoms with van der Waals surface area (Å²) in [6, 6.07) is 8.36. The van der Waals surface area contributed by atoms with Gasteiger partial charge in [0, 0.05) is 36.4 Å². The summed E-state index contributed by atoms with van der Waals surface area (Å²) in [5.41, 5.74) is 13.5. The number of carboxylic acid groups (broad SMARTS) is 2. The lowest BCUT2D eigenvalue weighted by molar-refractivity contribution is -0.142. The summed E-state index contributed by atoms with van der Waals surface area (Å²) >= 11 is 0. The van der Waals surface area contributed by atoms with Crippen LogP contribution in [0.3, 0.4) is 0 Å². The Hall–Kier alpha value is -4.95. The Bertz CT molecular complexity index is 1470. The number of phenolic OH excluding ortho intramolecular Hbond substituents is 1. The molecule has 4 atom stereocenters. The van der Waals surface area contributed by atoms with Crippen LogP contribution in [-0.2, 0) is 36.8 Å². The molecule has 3 rings (SSSR count). The molecule has 0 fully saturated rings. The number of amides is 3. The number of aromatic hydroxyl groups is 1. The van der Waals surface area contributed by atoms with Gasteiger partial charge < -0.3 is 47.7 Å². The standard InChI is InChI=1S/C31H40N6O8/c32-14-4-3-7-24(31(44)45)35-30(43)26(16-19-17-34-23-6-2-1-5-21(19)23)37-29(42)25(15-18-8-10-20(38)11-9-18)36-28(41)22(33)12-13-27(39)40/h1-2,5-6,8-11,17,22,24-26,34,38H,3-4,7,12-16,32-33H2,(H,35,43)(H,36,41)(H,37,42)(H,39,40)(H,44,45). The second-order valence-corrected chi connectivity index (χ2v) is 10.8. The number of carbonyl (C=O) groups is 5. The highest BCUT2D eigenvalue weighted by molar-refractivity contribution is 5.95. The molecule has 1 aromatic heterocycles. The summed E-state index contributed by atoms with van der Waals surface area (Å²) in [4.78, 5) is 66.2. The van der Waals surface area contributed by atoms with E-state index in [0.29, 0.717) is 30.5 Å². The van der Waals surface area contributed by atoms with Crippen LogP contribution >= 0.6 is 0 Å². The van der Waals surface area contributed by atoms with E-state index in [1.807, 2.05) is 24.3 Å². The van der Waals surface area contributed by atoms with Gasteiger partial charge in [0.15, 0.2) is 0 Å². The second-order valence-electron chi connectivity index (χ2n) is 10.8. The SMILES string of the molecule is NCCCCC(NC(=O)C(Cc1c[nH]c2ccccc12)NC(=O)C(Cc1ccc(O)cc1)NC(=O)C(N)CCC(=O)O)C(=O)O. The lowest BCUT2D eigenvalue weighted by atomic mass is 10.0. The van der Waals surface area contributed by atoms with Crippen molar-refractivity contribution in [3.63, 3.8) is 0 Å². The molecule has 0 aliphatic heterocycles. The molecule has 0 spiro atoms. The van der Waals surface area contributed by atoms with Crippen molar-refractivity contribution in [2.75, 3.05) is 6.54 Å². The van der Waals surface area contributed by atoms with Crippen LogP contribution in [0.5, 0.6) is 5.75 Å². The average molecular weight is 625 g/mol. The largest absolute Gasteiger partial charge is 0.508 e. The van der Waals surface area contributed by atoms with E-state index in [1.165, 1.54) is 12.1 Å². The Morgan fingerprint density at radius 2 is 1.40 bits per heavy atom. The molecule has 0 aliphatic rings. The maximum absolute atomic E-state index is 13.7. The van der Waals surface area contributed by atoms with E-state index in [4.69, 9.17) is 16.6 Å². The third-order valence-corrected chi connectivity index (χ3v) is 7.31. The van der Waals surface area contributed by atoms with Gasteiger partial charge in [-0.2, -0.15) is 0 Å². The van der Waals surface area contributed by atoms with Gasteiger partial charge in [-0.05, 0) is 61.6 Å². The van der Waals surface area contributed by atoms with E-state index in [-0.39, 0.29) is 37.9 Å². The smallest absolute Gasteiger partial charge is 0.326 e. The number of carbonyl (C=O) groups excluding carboxylic acids is 3. The number of phenols is 1. The van der Waals surface area contributed by atoms with Gasteiger partial charge in [0.05, 0.1) is 6.04 Å². The van der Waals surface area contributed by atoms with Crippen LogP contribution in [0.15, 0.2) is 54.7 Å². The third-order valence-electron chi connectivity index (χ3n) is 7.31. The highest BCUT2D eigenvalue weighted by Gasteiger charge is 2.31. The maximum atomic E-state index is 13.7. The van der Waals surface area contributed by atoms with Gasteiger partial charge in [0.1, 0.15) is 23.9 Å². The number of fused-ring (bicyclic) bond motifs is 1. The molecule has 14 heteroatoms. The second kappa shape index (κ2) is 16.8. The Morgan fingerprint density at radius 3 is 2.04 bits per heavy atom. The first-order valence-corrected chi connectivity index (χ1v) is 14.6.